The summed E-state index contributed by atoms with van der Waals surface area (Å²) < 4.78 is 0. The minimum atomic E-state index is 0. The zero-order valence-electron chi connectivity index (χ0n) is 9.87. The van der Waals surface area contributed by atoms with Crippen LogP contribution in [0.4, 0.5) is 0 Å². The number of rotatable bonds is 0. The molecule has 0 aliphatic heterocycles. The van der Waals surface area contributed by atoms with Gasteiger partial charge >= 0.3 is 17.1 Å². The molecule has 2 heteroatoms. The van der Waals surface area contributed by atoms with Gasteiger partial charge in [0.2, 0.25) is 0 Å². The summed E-state index contributed by atoms with van der Waals surface area (Å²) in [5, 5.41) is 0. The second-order valence-electron chi connectivity index (χ2n) is 3.81. The van der Waals surface area contributed by atoms with E-state index in [1.165, 1.54) is 57.8 Å². The molecule has 14 heavy (non-hydrogen) atoms. The molecule has 0 saturated heterocycles. The van der Waals surface area contributed by atoms with Gasteiger partial charge in [-0.3, -0.25) is 0 Å². The minimum Gasteiger partial charge on any atom is -0.358 e. The summed E-state index contributed by atoms with van der Waals surface area (Å²) in [7, 11) is 2.87. The fourth-order valence-electron chi connectivity index (χ4n) is 1.84. The number of hydrogen-bond donors (Lipinski definition) is 0. The third-order valence-electron chi connectivity index (χ3n) is 2.65. The van der Waals surface area contributed by atoms with Gasteiger partial charge in [0.15, 0.2) is 0 Å². The quantitative estimate of drug-likeness (QED) is 0.337. The normalized spacial score (nSPS) is 19.5. The van der Waals surface area contributed by atoms with Crippen molar-refractivity contribution in [2.75, 3.05) is 0 Å². The SMILES string of the molecule is C1CCCC1.PC1CCCC1.[CH3-].[CH3-].[Fe+2]. The van der Waals surface area contributed by atoms with Crippen molar-refractivity contribution in [1.82, 2.24) is 0 Å². The summed E-state index contributed by atoms with van der Waals surface area (Å²) in [6, 6.07) is 0. The minimum absolute atomic E-state index is 0. The Bertz CT molecular complexity index is 78.7. The van der Waals surface area contributed by atoms with Crippen molar-refractivity contribution < 1.29 is 17.1 Å². The summed E-state index contributed by atoms with van der Waals surface area (Å²) in [5.74, 6) is 0. The van der Waals surface area contributed by atoms with Crippen LogP contribution in [-0.2, 0) is 17.1 Å². The van der Waals surface area contributed by atoms with E-state index < -0.39 is 0 Å². The van der Waals surface area contributed by atoms with E-state index in [2.05, 4.69) is 9.24 Å². The first-order chi connectivity index (χ1) is 5.39. The predicted molar refractivity (Wildman–Crippen MR) is 67.9 cm³/mol. The molecule has 0 aromatic rings. The summed E-state index contributed by atoms with van der Waals surface area (Å²) in [4.78, 5) is 0. The van der Waals surface area contributed by atoms with Crippen LogP contribution in [0.25, 0.3) is 0 Å². The van der Waals surface area contributed by atoms with Gasteiger partial charge in [-0.25, -0.2) is 0 Å². The molecule has 0 amide bonds. The maximum absolute atomic E-state index is 2.87. The first kappa shape index (κ1) is 20.4. The van der Waals surface area contributed by atoms with Crippen LogP contribution < -0.4 is 0 Å². The van der Waals surface area contributed by atoms with Gasteiger partial charge in [0, 0.05) is 0 Å². The van der Waals surface area contributed by atoms with Crippen LogP contribution >= 0.6 is 9.24 Å². The predicted octanol–water partition coefficient (Wildman–Crippen LogP) is 4.65. The van der Waals surface area contributed by atoms with E-state index in [1.807, 2.05) is 0 Å². The van der Waals surface area contributed by atoms with E-state index in [0.717, 1.165) is 5.66 Å². The zero-order chi connectivity index (χ0) is 7.94. The molecular formula is C12H27FeP. The molecule has 0 aromatic heterocycles. The monoisotopic (exact) mass is 258 g/mol. The van der Waals surface area contributed by atoms with Crippen LogP contribution in [0.2, 0.25) is 0 Å². The van der Waals surface area contributed by atoms with Gasteiger partial charge in [0.25, 0.3) is 0 Å². The van der Waals surface area contributed by atoms with Gasteiger partial charge in [0.1, 0.15) is 0 Å². The van der Waals surface area contributed by atoms with Gasteiger partial charge in [-0.1, -0.05) is 44.9 Å². The van der Waals surface area contributed by atoms with E-state index in [9.17, 15) is 0 Å². The summed E-state index contributed by atoms with van der Waals surface area (Å²) >= 11 is 0. The first-order valence-electron chi connectivity index (χ1n) is 5.15. The molecule has 0 N–H and O–H groups in total. The Balaban J connectivity index is -0.000000144. The summed E-state index contributed by atoms with van der Waals surface area (Å²) in [5.41, 5.74) is 0.963. The Morgan fingerprint density at radius 1 is 0.643 bits per heavy atom. The largest absolute Gasteiger partial charge is 2.00 e. The topological polar surface area (TPSA) is 0 Å². The summed E-state index contributed by atoms with van der Waals surface area (Å²) in [6.07, 6.45) is 13.3. The molecule has 1 unspecified atom stereocenters. The molecule has 88 valence electrons. The van der Waals surface area contributed by atoms with E-state index >= 15 is 0 Å². The maximum Gasteiger partial charge on any atom is 2.00 e. The molecule has 0 spiro atoms. The third kappa shape index (κ3) is 11.0. The van der Waals surface area contributed by atoms with Crippen LogP contribution in [0, 0.1) is 14.9 Å². The fourth-order valence-corrected chi connectivity index (χ4v) is 2.31. The van der Waals surface area contributed by atoms with Gasteiger partial charge in [0.05, 0.1) is 0 Å². The average Bonchev–Trinajstić information content (AvgIpc) is 2.57. The van der Waals surface area contributed by atoms with Crippen molar-refractivity contribution in [3.05, 3.63) is 14.9 Å². The van der Waals surface area contributed by atoms with Crippen LogP contribution in [-0.4, -0.2) is 5.66 Å². The zero-order valence-corrected chi connectivity index (χ0v) is 12.1. The Morgan fingerprint density at radius 2 is 0.929 bits per heavy atom. The Labute approximate surface area is 105 Å². The van der Waals surface area contributed by atoms with E-state index in [-0.39, 0.29) is 31.9 Å². The van der Waals surface area contributed by atoms with E-state index in [4.69, 9.17) is 0 Å². The molecule has 2 fully saturated rings. The average molecular weight is 258 g/mol. The van der Waals surface area contributed by atoms with Crippen molar-refractivity contribution in [2.24, 2.45) is 0 Å². The van der Waals surface area contributed by atoms with Crippen molar-refractivity contribution in [3.8, 4) is 0 Å². The van der Waals surface area contributed by atoms with E-state index in [0.29, 0.717) is 0 Å². The third-order valence-corrected chi connectivity index (χ3v) is 3.32. The second kappa shape index (κ2) is 13.9. The molecule has 2 aliphatic carbocycles. The van der Waals surface area contributed by atoms with Crippen LogP contribution in [0.15, 0.2) is 0 Å². The van der Waals surface area contributed by atoms with Crippen molar-refractivity contribution in [2.45, 2.75) is 63.4 Å². The van der Waals surface area contributed by atoms with Gasteiger partial charge in [-0.05, 0) is 18.5 Å². The molecule has 0 aromatic carbocycles. The molecule has 2 aliphatic rings. The van der Waals surface area contributed by atoms with Gasteiger partial charge in [-0.2, -0.15) is 0 Å². The molecule has 1 atom stereocenters. The van der Waals surface area contributed by atoms with Crippen LogP contribution in [0.1, 0.15) is 57.8 Å². The van der Waals surface area contributed by atoms with Crippen LogP contribution in [0.5, 0.6) is 0 Å². The molecule has 0 heterocycles. The molecular weight excluding hydrogens is 231 g/mol. The standard InChI is InChI=1S/C5H11P.C5H10.2CH3.Fe/c6-5-3-1-2-4-5;1-2-4-5-3-1;;;/h5H,1-4,6H2;1-5H2;2*1H3;/q;;2*-1;+2. The van der Waals surface area contributed by atoms with Crippen molar-refractivity contribution in [3.63, 3.8) is 0 Å². The molecule has 0 radical (unpaired) electrons. The van der Waals surface area contributed by atoms with Crippen LogP contribution in [0.3, 0.4) is 0 Å². The summed E-state index contributed by atoms with van der Waals surface area (Å²) in [6.45, 7) is 0. The number of hydrogen-bond acceptors (Lipinski definition) is 0. The smallest absolute Gasteiger partial charge is 0.358 e. The second-order valence-corrected chi connectivity index (χ2v) is 4.76. The Morgan fingerprint density at radius 3 is 1.07 bits per heavy atom. The fraction of sp³-hybridized carbons (Fsp3) is 0.833. The van der Waals surface area contributed by atoms with E-state index in [1.54, 1.807) is 0 Å². The Kier molecular flexibility index (Phi) is 20.3. The van der Waals surface area contributed by atoms with Crippen molar-refractivity contribution in [1.29, 1.82) is 0 Å². The Hall–Kier alpha value is 0.949. The first-order valence-corrected chi connectivity index (χ1v) is 5.82. The maximum atomic E-state index is 2.87. The van der Waals surface area contributed by atoms with Gasteiger partial charge < -0.3 is 14.9 Å². The molecule has 0 nitrogen and oxygen atoms in total. The van der Waals surface area contributed by atoms with Gasteiger partial charge in [-0.15, -0.1) is 9.24 Å². The van der Waals surface area contributed by atoms with Crippen molar-refractivity contribution >= 4 is 9.24 Å². The molecule has 2 saturated carbocycles. The molecule has 2 rings (SSSR count). The molecule has 0 bridgehead atoms.